The summed E-state index contributed by atoms with van der Waals surface area (Å²) in [6.45, 7) is 0.961. The lowest BCUT2D eigenvalue weighted by atomic mass is 10.1. The molecule has 0 spiro atoms. The van der Waals surface area contributed by atoms with E-state index in [0.717, 1.165) is 0 Å². The Kier molecular flexibility index (Phi) is 11.0. The van der Waals surface area contributed by atoms with E-state index < -0.39 is 39.1 Å². The summed E-state index contributed by atoms with van der Waals surface area (Å²) in [5.74, 6) is -1.93. The molecule has 0 unspecified atom stereocenters. The van der Waals surface area contributed by atoms with Gasteiger partial charge in [0.1, 0.15) is 12.4 Å². The molecule has 0 saturated carbocycles. The molecule has 0 bridgehead atoms. The Bertz CT molecular complexity index is 1310. The van der Waals surface area contributed by atoms with Crippen molar-refractivity contribution >= 4 is 38.8 Å². The first-order valence-corrected chi connectivity index (χ1v) is 14.5. The van der Waals surface area contributed by atoms with Crippen LogP contribution in [0.15, 0.2) is 72.8 Å². The van der Waals surface area contributed by atoms with E-state index >= 15 is 0 Å². The molecule has 0 N–H and O–H groups in total. The van der Waals surface area contributed by atoms with Crippen LogP contribution in [-0.4, -0.2) is 37.9 Å². The van der Waals surface area contributed by atoms with Crippen molar-refractivity contribution in [3.8, 4) is 5.75 Å². The van der Waals surface area contributed by atoms with Gasteiger partial charge in [-0.1, -0.05) is 59.6 Å². The standard InChI is InChI=1S/C28H27Cl2F3O6S/c1-27(38-18-21-2-9-23(29)10-3-21,39-19-22-4-11-24(30)12-5-22)40(35,36)17-16-37-25-13-6-20(7-14-25)8-15-26(34)28(31,32)33/h2-7,9-14H,8,15-19H2,1H3. The van der Waals surface area contributed by atoms with Gasteiger partial charge in [-0.15, -0.1) is 0 Å². The number of Topliss-reactive ketones (excluding diaryl/α,β-unsaturated/α-hetero) is 1. The number of rotatable bonds is 14. The van der Waals surface area contributed by atoms with Crippen LogP contribution in [0.25, 0.3) is 0 Å². The predicted octanol–water partition coefficient (Wildman–Crippen LogP) is 6.96. The highest BCUT2D eigenvalue weighted by Crippen LogP contribution is 2.27. The lowest BCUT2D eigenvalue weighted by Gasteiger charge is -2.30. The van der Waals surface area contributed by atoms with Crippen LogP contribution < -0.4 is 4.74 Å². The SMILES string of the molecule is CC(OCc1ccc(Cl)cc1)(OCc1ccc(Cl)cc1)S(=O)(=O)CCOc1ccc(CCC(=O)C(F)(F)F)cc1. The molecular formula is C28H27Cl2F3O6S. The van der Waals surface area contributed by atoms with E-state index in [-0.39, 0.29) is 26.2 Å². The van der Waals surface area contributed by atoms with Crippen molar-refractivity contribution < 1.29 is 40.6 Å². The van der Waals surface area contributed by atoms with E-state index in [2.05, 4.69) is 0 Å². The number of hydrogen-bond acceptors (Lipinski definition) is 6. The summed E-state index contributed by atoms with van der Waals surface area (Å²) in [6, 6.07) is 19.5. The fourth-order valence-corrected chi connectivity index (χ4v) is 4.82. The number of carbonyl (C=O) groups is 1. The molecule has 0 atom stereocenters. The third kappa shape index (κ3) is 9.49. The van der Waals surface area contributed by atoms with Crippen molar-refractivity contribution in [1.29, 1.82) is 0 Å². The first-order valence-electron chi connectivity index (χ1n) is 12.1. The van der Waals surface area contributed by atoms with Crippen molar-refractivity contribution in [2.45, 2.75) is 44.3 Å². The number of benzene rings is 3. The maximum atomic E-state index is 13.4. The average Bonchev–Trinajstić information content (AvgIpc) is 2.91. The second kappa shape index (κ2) is 13.8. The van der Waals surface area contributed by atoms with Crippen molar-refractivity contribution in [2.24, 2.45) is 0 Å². The summed E-state index contributed by atoms with van der Waals surface area (Å²) in [5.41, 5.74) is 1.89. The third-order valence-electron chi connectivity index (χ3n) is 5.89. The van der Waals surface area contributed by atoms with E-state index in [4.69, 9.17) is 37.4 Å². The molecule has 0 aromatic heterocycles. The topological polar surface area (TPSA) is 78.9 Å². The van der Waals surface area contributed by atoms with Crippen LogP contribution in [0, 0.1) is 0 Å². The molecule has 0 saturated heterocycles. The summed E-state index contributed by atoms with van der Waals surface area (Å²) in [5, 5.41) is -0.971. The lowest BCUT2D eigenvalue weighted by Crippen LogP contribution is -2.43. The van der Waals surface area contributed by atoms with Gasteiger partial charge in [0.2, 0.25) is 15.6 Å². The van der Waals surface area contributed by atoms with Crippen molar-refractivity contribution in [2.75, 3.05) is 12.4 Å². The van der Waals surface area contributed by atoms with E-state index in [0.29, 0.717) is 32.5 Å². The molecule has 40 heavy (non-hydrogen) atoms. The van der Waals surface area contributed by atoms with Crippen LogP contribution in [0.4, 0.5) is 13.2 Å². The number of ether oxygens (including phenoxy) is 3. The molecule has 0 fully saturated rings. The molecule has 0 aliphatic heterocycles. The Balaban J connectivity index is 1.63. The molecule has 3 rings (SSSR count). The van der Waals surface area contributed by atoms with Crippen LogP contribution in [0.2, 0.25) is 10.0 Å². The van der Waals surface area contributed by atoms with Gasteiger partial charge in [-0.3, -0.25) is 4.79 Å². The summed E-state index contributed by atoms with van der Waals surface area (Å²) in [6.07, 6.45) is -5.60. The minimum Gasteiger partial charge on any atom is -0.493 e. The Morgan fingerprint density at radius 3 is 1.68 bits per heavy atom. The van der Waals surface area contributed by atoms with Gasteiger partial charge in [0, 0.05) is 23.4 Å². The second-order valence-electron chi connectivity index (χ2n) is 8.92. The molecule has 12 heteroatoms. The fraction of sp³-hybridized carbons (Fsp3) is 0.321. The first kappa shape index (κ1) is 31.9. The zero-order valence-corrected chi connectivity index (χ0v) is 23.7. The highest BCUT2D eigenvalue weighted by molar-refractivity contribution is 7.92. The maximum Gasteiger partial charge on any atom is 0.449 e. The lowest BCUT2D eigenvalue weighted by molar-refractivity contribution is -0.179. The van der Waals surface area contributed by atoms with E-state index in [9.17, 15) is 26.4 Å². The summed E-state index contributed by atoms with van der Waals surface area (Å²) >= 11 is 11.8. The van der Waals surface area contributed by atoms with Crippen LogP contribution in [-0.2, 0) is 43.7 Å². The van der Waals surface area contributed by atoms with E-state index in [1.165, 1.54) is 31.2 Å². The molecule has 0 aliphatic carbocycles. The predicted molar refractivity (Wildman–Crippen MR) is 146 cm³/mol. The number of sulfone groups is 1. The Labute approximate surface area is 240 Å². The molecule has 216 valence electrons. The van der Waals surface area contributed by atoms with Gasteiger partial charge in [-0.2, -0.15) is 13.2 Å². The molecule has 0 heterocycles. The highest BCUT2D eigenvalue weighted by Gasteiger charge is 2.42. The molecule has 3 aromatic rings. The molecule has 3 aromatic carbocycles. The molecule has 0 aliphatic rings. The smallest absolute Gasteiger partial charge is 0.449 e. The van der Waals surface area contributed by atoms with Crippen molar-refractivity contribution in [3.05, 3.63) is 99.5 Å². The monoisotopic (exact) mass is 618 g/mol. The van der Waals surface area contributed by atoms with Gasteiger partial charge >= 0.3 is 6.18 Å². The van der Waals surface area contributed by atoms with Gasteiger partial charge < -0.3 is 14.2 Å². The number of hydrogen-bond donors (Lipinski definition) is 0. The Morgan fingerprint density at radius 1 is 0.775 bits per heavy atom. The number of carbonyl (C=O) groups excluding carboxylic acids is 1. The first-order chi connectivity index (χ1) is 18.8. The van der Waals surface area contributed by atoms with Gasteiger partial charge in [-0.25, -0.2) is 8.42 Å². The zero-order valence-electron chi connectivity index (χ0n) is 21.4. The normalized spacial score (nSPS) is 12.3. The fourth-order valence-electron chi connectivity index (χ4n) is 3.42. The van der Waals surface area contributed by atoms with E-state index in [1.807, 2.05) is 0 Å². The second-order valence-corrected chi connectivity index (χ2v) is 12.2. The van der Waals surface area contributed by atoms with Gasteiger partial charge in [0.05, 0.1) is 19.0 Å². The highest BCUT2D eigenvalue weighted by atomic mass is 35.5. The maximum absolute atomic E-state index is 13.4. The molecular weight excluding hydrogens is 592 g/mol. The van der Waals surface area contributed by atoms with Crippen molar-refractivity contribution in [1.82, 2.24) is 0 Å². The summed E-state index contributed by atoms with van der Waals surface area (Å²) in [4.78, 5) is 11.1. The molecule has 0 radical (unpaired) electrons. The minimum absolute atomic E-state index is 0.0628. The number of ketones is 1. The molecule has 0 amide bonds. The molecule has 6 nitrogen and oxygen atoms in total. The Morgan fingerprint density at radius 2 is 1.23 bits per heavy atom. The minimum atomic E-state index is -4.86. The summed E-state index contributed by atoms with van der Waals surface area (Å²) < 4.78 is 81.1. The quantitative estimate of drug-likeness (QED) is 0.182. The van der Waals surface area contributed by atoms with Gasteiger partial charge in [0.15, 0.2) is 0 Å². The number of alkyl halides is 3. The van der Waals surface area contributed by atoms with Gasteiger partial charge in [0.25, 0.3) is 5.12 Å². The summed E-state index contributed by atoms with van der Waals surface area (Å²) in [7, 11) is -4.05. The van der Waals surface area contributed by atoms with Crippen LogP contribution in [0.3, 0.4) is 0 Å². The van der Waals surface area contributed by atoms with Crippen LogP contribution in [0.5, 0.6) is 5.75 Å². The van der Waals surface area contributed by atoms with Crippen LogP contribution >= 0.6 is 23.2 Å². The van der Waals surface area contributed by atoms with E-state index in [1.54, 1.807) is 48.5 Å². The van der Waals surface area contributed by atoms with Crippen molar-refractivity contribution in [3.63, 3.8) is 0 Å². The van der Waals surface area contributed by atoms with Gasteiger partial charge in [-0.05, 0) is 59.5 Å². The largest absolute Gasteiger partial charge is 0.493 e. The average molecular weight is 619 g/mol. The third-order valence-corrected chi connectivity index (χ3v) is 8.47. The zero-order chi connectivity index (χ0) is 29.4. The van der Waals surface area contributed by atoms with Crippen LogP contribution in [0.1, 0.15) is 30.0 Å². The number of halogens is 5. The number of aryl methyl sites for hydroxylation is 1. The Hall–Kier alpha value is -2.63.